The van der Waals surface area contributed by atoms with E-state index in [1.54, 1.807) is 0 Å². The maximum atomic E-state index is 13.5. The minimum atomic E-state index is -0.824. The van der Waals surface area contributed by atoms with Crippen LogP contribution in [0, 0.1) is 19.8 Å². The number of hydrogen-bond donors (Lipinski definition) is 2. The van der Waals surface area contributed by atoms with Gasteiger partial charge in [-0.2, -0.15) is 0 Å². The van der Waals surface area contributed by atoms with E-state index in [4.69, 9.17) is 18.9 Å². The number of pyridine rings is 1. The molecule has 0 spiro atoms. The topological polar surface area (TPSA) is 108 Å². The first kappa shape index (κ1) is 38.9. The van der Waals surface area contributed by atoms with Crippen LogP contribution in [0.25, 0.3) is 11.1 Å². The molecular weight excluding hydrogens is 701 g/mol. The van der Waals surface area contributed by atoms with Gasteiger partial charge in [0.2, 0.25) is 5.91 Å². The third-order valence-electron chi connectivity index (χ3n) is 10.4. The summed E-state index contributed by atoms with van der Waals surface area (Å²) < 4.78 is 23.9. The molecule has 3 atom stereocenters. The Morgan fingerprint density at radius 1 is 0.981 bits per heavy atom. The summed E-state index contributed by atoms with van der Waals surface area (Å²) in [5.41, 5.74) is 8.31. The second-order valence-electron chi connectivity index (χ2n) is 13.7. The van der Waals surface area contributed by atoms with Crippen LogP contribution in [0.15, 0.2) is 72.9 Å². The van der Waals surface area contributed by atoms with Crippen LogP contribution in [0.4, 0.5) is 0 Å². The molecule has 2 N–H and O–H groups in total. The highest BCUT2D eigenvalue weighted by Gasteiger charge is 2.31. The van der Waals surface area contributed by atoms with Crippen molar-refractivity contribution in [3.63, 3.8) is 0 Å². The van der Waals surface area contributed by atoms with E-state index < -0.39 is 18.1 Å². The molecule has 52 heavy (non-hydrogen) atoms. The Balaban J connectivity index is 0.00000261. The Labute approximate surface area is 318 Å². The van der Waals surface area contributed by atoms with Crippen molar-refractivity contribution >= 4 is 36.7 Å². The number of aromatic nitrogens is 1. The molecule has 9 nitrogen and oxygen atoms in total. The number of benzene rings is 3. The first-order valence-corrected chi connectivity index (χ1v) is 17.7. The van der Waals surface area contributed by atoms with Gasteiger partial charge in [0.05, 0.1) is 19.8 Å². The van der Waals surface area contributed by atoms with Crippen molar-refractivity contribution in [3.8, 4) is 28.4 Å². The Morgan fingerprint density at radius 2 is 1.75 bits per heavy atom. The SMILES string of the molecule is COC(=O)[C@H](Cc1ccc(-c2ccnc(C)c2C)cc1)NC(=O)[C@@H]1Cc2cc3c(cc2CN1)O[C@@H](c1cccc(OCC2CCCC2)c1)CO3.Cl.Cl. The van der Waals surface area contributed by atoms with Crippen molar-refractivity contribution < 1.29 is 28.5 Å². The van der Waals surface area contributed by atoms with Crippen LogP contribution in [-0.2, 0) is 33.7 Å². The number of nitrogens with one attached hydrogen (secondary N) is 2. The van der Waals surface area contributed by atoms with Crippen molar-refractivity contribution in [2.24, 2.45) is 5.92 Å². The smallest absolute Gasteiger partial charge is 0.328 e. The number of hydrogen-bond acceptors (Lipinski definition) is 8. The molecule has 4 aromatic rings. The van der Waals surface area contributed by atoms with Crippen LogP contribution < -0.4 is 24.8 Å². The van der Waals surface area contributed by atoms with Gasteiger partial charge in [-0.25, -0.2) is 4.79 Å². The van der Waals surface area contributed by atoms with Crippen molar-refractivity contribution in [1.82, 2.24) is 15.6 Å². The molecule has 0 radical (unpaired) electrons. The minimum absolute atomic E-state index is 0. The molecule has 3 aliphatic rings. The molecule has 3 aromatic carbocycles. The zero-order valence-corrected chi connectivity index (χ0v) is 31.4. The van der Waals surface area contributed by atoms with Gasteiger partial charge in [0.1, 0.15) is 18.4 Å². The van der Waals surface area contributed by atoms with Gasteiger partial charge < -0.3 is 29.6 Å². The lowest BCUT2D eigenvalue weighted by Crippen LogP contribution is -2.53. The third kappa shape index (κ3) is 8.82. The Morgan fingerprint density at radius 3 is 2.52 bits per heavy atom. The van der Waals surface area contributed by atoms with Gasteiger partial charge >= 0.3 is 5.97 Å². The predicted octanol–water partition coefficient (Wildman–Crippen LogP) is 7.21. The average molecular weight is 749 g/mol. The van der Waals surface area contributed by atoms with Crippen LogP contribution in [0.5, 0.6) is 17.2 Å². The fraction of sp³-hybridized carbons (Fsp3) is 0.390. The molecule has 276 valence electrons. The monoisotopic (exact) mass is 747 g/mol. The third-order valence-corrected chi connectivity index (χ3v) is 10.4. The van der Waals surface area contributed by atoms with E-state index in [2.05, 4.69) is 28.6 Å². The number of methoxy groups -OCH3 is 1. The van der Waals surface area contributed by atoms with Gasteiger partial charge in [0.25, 0.3) is 0 Å². The largest absolute Gasteiger partial charge is 0.493 e. The summed E-state index contributed by atoms with van der Waals surface area (Å²) in [6.45, 7) is 5.68. The molecule has 0 unspecified atom stereocenters. The van der Waals surface area contributed by atoms with Crippen LogP contribution >= 0.6 is 24.8 Å². The first-order valence-electron chi connectivity index (χ1n) is 17.7. The Kier molecular flexibility index (Phi) is 13.1. The number of carbonyl (C=O) groups excluding carboxylic acids is 2. The highest BCUT2D eigenvalue weighted by molar-refractivity contribution is 5.88. The predicted molar refractivity (Wildman–Crippen MR) is 205 cm³/mol. The number of ether oxygens (including phenoxy) is 4. The van der Waals surface area contributed by atoms with Gasteiger partial charge in [-0.15, -0.1) is 24.8 Å². The molecule has 1 amide bonds. The number of nitrogens with zero attached hydrogens (tertiary/aromatic N) is 1. The zero-order valence-electron chi connectivity index (χ0n) is 29.8. The molecule has 7 rings (SSSR count). The standard InChI is InChI=1S/C41H45N3O6.2ClH/c1-25-26(2)42-16-15-34(25)29-13-11-27(12-14-29)17-36(41(46)47-3)44-40(45)35-19-31-20-37-38(21-32(31)22-43-35)50-39(24-49-37)30-9-6-10-33(18-30)48-23-28-7-4-5-8-28;;/h6,9-16,18,20-21,28,35-36,39,43H,4-5,7-8,17,19,22-24H2,1-3H3,(H,44,45);2*1H/t35-,36-,39+;;/m0../s1. The maximum absolute atomic E-state index is 13.5. The second-order valence-corrected chi connectivity index (χ2v) is 13.7. The number of aryl methyl sites for hydroxylation is 1. The van der Waals surface area contributed by atoms with Crippen molar-refractivity contribution in [2.75, 3.05) is 20.3 Å². The van der Waals surface area contributed by atoms with Gasteiger partial charge in [-0.3, -0.25) is 9.78 Å². The number of esters is 1. The summed E-state index contributed by atoms with van der Waals surface area (Å²) in [5, 5.41) is 6.29. The minimum Gasteiger partial charge on any atom is -0.493 e. The van der Waals surface area contributed by atoms with Crippen molar-refractivity contribution in [1.29, 1.82) is 0 Å². The molecule has 1 aliphatic carbocycles. The Bertz CT molecular complexity index is 1860. The first-order chi connectivity index (χ1) is 24.3. The maximum Gasteiger partial charge on any atom is 0.328 e. The molecule has 1 fully saturated rings. The normalized spacial score (nSPS) is 18.2. The van der Waals surface area contributed by atoms with E-state index in [-0.39, 0.29) is 36.8 Å². The number of halogens is 2. The van der Waals surface area contributed by atoms with E-state index in [1.807, 2.05) is 73.8 Å². The van der Waals surface area contributed by atoms with Crippen LogP contribution in [0.2, 0.25) is 0 Å². The molecule has 1 aromatic heterocycles. The average Bonchev–Trinajstić information content (AvgIpc) is 3.67. The van der Waals surface area contributed by atoms with Gasteiger partial charge in [0.15, 0.2) is 17.6 Å². The van der Waals surface area contributed by atoms with E-state index in [0.29, 0.717) is 43.4 Å². The number of fused-ring (bicyclic) bond motifs is 2. The summed E-state index contributed by atoms with van der Waals surface area (Å²) in [6.07, 6.45) is 7.42. The molecule has 0 bridgehead atoms. The quantitative estimate of drug-likeness (QED) is 0.164. The van der Waals surface area contributed by atoms with E-state index in [0.717, 1.165) is 57.0 Å². The number of carbonyl (C=O) groups is 2. The summed E-state index contributed by atoms with van der Waals surface area (Å²) in [6, 6.07) is 20.8. The van der Waals surface area contributed by atoms with E-state index in [9.17, 15) is 9.59 Å². The number of rotatable bonds is 10. The molecule has 11 heteroatoms. The Hall–Kier alpha value is -4.31. The highest BCUT2D eigenvalue weighted by Crippen LogP contribution is 2.40. The molecular formula is C41H47Cl2N3O6. The molecule has 1 saturated carbocycles. The van der Waals surface area contributed by atoms with Crippen molar-refractivity contribution in [3.05, 3.63) is 106 Å². The summed E-state index contributed by atoms with van der Waals surface area (Å²) in [5.74, 6) is 2.13. The lowest BCUT2D eigenvalue weighted by molar-refractivity contribution is -0.145. The van der Waals surface area contributed by atoms with Gasteiger partial charge in [-0.1, -0.05) is 49.2 Å². The van der Waals surface area contributed by atoms with Gasteiger partial charge in [-0.05, 0) is 108 Å². The lowest BCUT2D eigenvalue weighted by atomic mass is 9.94. The summed E-state index contributed by atoms with van der Waals surface area (Å²) >= 11 is 0. The lowest BCUT2D eigenvalue weighted by Gasteiger charge is -2.31. The second kappa shape index (κ2) is 17.5. The van der Waals surface area contributed by atoms with E-state index in [1.165, 1.54) is 32.8 Å². The van der Waals surface area contributed by atoms with Crippen LogP contribution in [0.1, 0.15) is 65.3 Å². The highest BCUT2D eigenvalue weighted by atomic mass is 35.5. The summed E-state index contributed by atoms with van der Waals surface area (Å²) in [4.78, 5) is 30.7. The van der Waals surface area contributed by atoms with Crippen LogP contribution in [0.3, 0.4) is 0 Å². The van der Waals surface area contributed by atoms with Crippen molar-refractivity contribution in [2.45, 2.75) is 77.1 Å². The summed E-state index contributed by atoms with van der Waals surface area (Å²) in [7, 11) is 1.34. The molecule has 2 aliphatic heterocycles. The van der Waals surface area contributed by atoms with Gasteiger partial charge in [0, 0.05) is 24.9 Å². The fourth-order valence-electron chi connectivity index (χ4n) is 7.24. The molecule has 0 saturated heterocycles. The zero-order chi connectivity index (χ0) is 34.6. The number of amides is 1. The van der Waals surface area contributed by atoms with Crippen LogP contribution in [-0.4, -0.2) is 49.3 Å². The fourth-order valence-corrected chi connectivity index (χ4v) is 7.24. The van der Waals surface area contributed by atoms with E-state index >= 15 is 0 Å². The molecule has 3 heterocycles.